The van der Waals surface area contributed by atoms with Gasteiger partial charge in [-0.15, -0.1) is 0 Å². The molecule has 0 saturated carbocycles. The number of pyridine rings is 1. The summed E-state index contributed by atoms with van der Waals surface area (Å²) in [7, 11) is 0. The number of rotatable bonds is 6. The quantitative estimate of drug-likeness (QED) is 0.336. The normalized spacial score (nSPS) is 10.8. The van der Waals surface area contributed by atoms with Crippen LogP contribution >= 0.6 is 15.9 Å². The van der Waals surface area contributed by atoms with E-state index in [0.717, 1.165) is 51.1 Å². The van der Waals surface area contributed by atoms with E-state index in [9.17, 15) is 4.79 Å². The van der Waals surface area contributed by atoms with E-state index < -0.39 is 0 Å². The Morgan fingerprint density at radius 1 is 0.935 bits per heavy atom. The molecule has 0 aliphatic rings. The van der Waals surface area contributed by atoms with Gasteiger partial charge in [0.05, 0.1) is 16.8 Å². The molecule has 1 amide bonds. The van der Waals surface area contributed by atoms with Crippen LogP contribution in [0.15, 0.2) is 83.3 Å². The van der Waals surface area contributed by atoms with Crippen LogP contribution in [0.3, 0.4) is 0 Å². The zero-order valence-electron chi connectivity index (χ0n) is 17.6. The van der Waals surface area contributed by atoms with Crippen molar-refractivity contribution in [1.29, 1.82) is 0 Å². The van der Waals surface area contributed by atoms with Crippen molar-refractivity contribution in [2.45, 2.75) is 13.8 Å². The number of carbonyl (C=O) groups is 1. The largest absolute Gasteiger partial charge is 0.372 e. The van der Waals surface area contributed by atoms with Gasteiger partial charge >= 0.3 is 0 Å². The first-order valence-electron chi connectivity index (χ1n) is 10.4. The zero-order chi connectivity index (χ0) is 21.8. The minimum Gasteiger partial charge on any atom is -0.372 e. The predicted octanol–water partition coefficient (Wildman–Crippen LogP) is 6.76. The number of hydrogen-bond acceptors (Lipinski definition) is 3. The molecule has 3 aromatic carbocycles. The highest BCUT2D eigenvalue weighted by Gasteiger charge is 2.14. The molecule has 1 aromatic heterocycles. The van der Waals surface area contributed by atoms with Gasteiger partial charge < -0.3 is 10.2 Å². The highest BCUT2D eigenvalue weighted by molar-refractivity contribution is 9.10. The van der Waals surface area contributed by atoms with Crippen LogP contribution in [-0.4, -0.2) is 24.0 Å². The summed E-state index contributed by atoms with van der Waals surface area (Å²) in [5, 5.41) is 3.88. The molecule has 0 radical (unpaired) electrons. The molecule has 0 bridgehead atoms. The first-order valence-corrected chi connectivity index (χ1v) is 11.2. The van der Waals surface area contributed by atoms with E-state index in [1.165, 1.54) is 0 Å². The maximum absolute atomic E-state index is 13.3. The second-order valence-corrected chi connectivity index (χ2v) is 8.17. The topological polar surface area (TPSA) is 45.2 Å². The van der Waals surface area contributed by atoms with Crippen molar-refractivity contribution in [3.05, 3.63) is 88.9 Å². The molecule has 31 heavy (non-hydrogen) atoms. The van der Waals surface area contributed by atoms with Crippen molar-refractivity contribution in [3.8, 4) is 11.3 Å². The lowest BCUT2D eigenvalue weighted by atomic mass is 10.0. The van der Waals surface area contributed by atoms with Gasteiger partial charge in [0.15, 0.2) is 0 Å². The fourth-order valence-corrected chi connectivity index (χ4v) is 4.10. The van der Waals surface area contributed by atoms with Crippen LogP contribution in [0.4, 0.5) is 11.4 Å². The molecule has 156 valence electrons. The Morgan fingerprint density at radius 3 is 2.39 bits per heavy atom. The van der Waals surface area contributed by atoms with Crippen molar-refractivity contribution in [2.24, 2.45) is 0 Å². The third-order valence-corrected chi connectivity index (χ3v) is 5.83. The lowest BCUT2D eigenvalue weighted by Gasteiger charge is -2.21. The van der Waals surface area contributed by atoms with E-state index in [4.69, 9.17) is 4.98 Å². The smallest absolute Gasteiger partial charge is 0.256 e. The third kappa shape index (κ3) is 4.62. The zero-order valence-corrected chi connectivity index (χ0v) is 19.2. The number of halogens is 1. The highest BCUT2D eigenvalue weighted by atomic mass is 79.9. The lowest BCUT2D eigenvalue weighted by Crippen LogP contribution is -2.21. The number of fused-ring (bicyclic) bond motifs is 1. The van der Waals surface area contributed by atoms with E-state index in [1.807, 2.05) is 78.9 Å². The average molecular weight is 474 g/mol. The van der Waals surface area contributed by atoms with E-state index in [-0.39, 0.29) is 5.91 Å². The van der Waals surface area contributed by atoms with Crippen molar-refractivity contribution in [3.63, 3.8) is 0 Å². The molecular weight excluding hydrogens is 450 g/mol. The molecule has 5 heteroatoms. The van der Waals surface area contributed by atoms with E-state index in [0.29, 0.717) is 5.56 Å². The van der Waals surface area contributed by atoms with Gasteiger partial charge in [-0.3, -0.25) is 4.79 Å². The Labute approximate surface area is 191 Å². The van der Waals surface area contributed by atoms with Crippen LogP contribution in [0.1, 0.15) is 24.2 Å². The molecule has 0 unspecified atom stereocenters. The first-order chi connectivity index (χ1) is 15.1. The molecule has 4 rings (SSSR count). The summed E-state index contributed by atoms with van der Waals surface area (Å²) in [5.74, 6) is -0.148. The lowest BCUT2D eigenvalue weighted by molar-refractivity contribution is 0.102. The second-order valence-electron chi connectivity index (χ2n) is 7.26. The Bertz CT molecular complexity index is 1220. The first kappa shape index (κ1) is 21.1. The number of nitrogens with zero attached hydrogens (tertiary/aromatic N) is 2. The van der Waals surface area contributed by atoms with Crippen molar-refractivity contribution in [2.75, 3.05) is 23.3 Å². The van der Waals surface area contributed by atoms with Crippen molar-refractivity contribution < 1.29 is 4.79 Å². The van der Waals surface area contributed by atoms with Gasteiger partial charge in [-0.05, 0) is 62.4 Å². The summed E-state index contributed by atoms with van der Waals surface area (Å²) in [4.78, 5) is 20.3. The van der Waals surface area contributed by atoms with Crippen LogP contribution in [0.5, 0.6) is 0 Å². The molecule has 1 heterocycles. The van der Waals surface area contributed by atoms with Crippen LogP contribution in [0.25, 0.3) is 22.2 Å². The third-order valence-electron chi connectivity index (χ3n) is 5.33. The number of nitrogens with one attached hydrogen (secondary N) is 1. The number of anilines is 2. The number of aromatic nitrogens is 1. The maximum atomic E-state index is 13.3. The molecule has 0 saturated heterocycles. The van der Waals surface area contributed by atoms with E-state index in [2.05, 4.69) is 40.0 Å². The van der Waals surface area contributed by atoms with Crippen LogP contribution in [0.2, 0.25) is 0 Å². The molecule has 4 nitrogen and oxygen atoms in total. The molecule has 0 aliphatic heterocycles. The maximum Gasteiger partial charge on any atom is 0.256 e. The molecule has 4 aromatic rings. The summed E-state index contributed by atoms with van der Waals surface area (Å²) < 4.78 is 0.972. The number of amides is 1. The molecular formula is C26H24BrN3O. The van der Waals surface area contributed by atoms with E-state index >= 15 is 0 Å². The van der Waals surface area contributed by atoms with E-state index in [1.54, 1.807) is 0 Å². The van der Waals surface area contributed by atoms with Gasteiger partial charge in [-0.1, -0.05) is 46.3 Å². The minimum atomic E-state index is -0.148. The molecule has 0 fully saturated rings. The number of carbonyl (C=O) groups excluding carboxylic acids is 1. The summed E-state index contributed by atoms with van der Waals surface area (Å²) in [6, 6.07) is 25.5. The van der Waals surface area contributed by atoms with Gasteiger partial charge in [0, 0.05) is 39.9 Å². The Balaban J connectivity index is 1.69. The fourth-order valence-electron chi connectivity index (χ4n) is 3.70. The Morgan fingerprint density at radius 2 is 1.68 bits per heavy atom. The van der Waals surface area contributed by atoms with Gasteiger partial charge in [0.25, 0.3) is 5.91 Å². The van der Waals surface area contributed by atoms with Gasteiger partial charge in [-0.2, -0.15) is 0 Å². The highest BCUT2D eigenvalue weighted by Crippen LogP contribution is 2.27. The SMILES string of the molecule is CCN(CC)c1ccc(NC(=O)c2cc(-c3cccc(Br)c3)nc3ccccc23)cc1. The molecule has 0 aliphatic carbocycles. The number of benzene rings is 3. The molecule has 1 N–H and O–H groups in total. The fraction of sp³-hybridized carbons (Fsp3) is 0.154. The Hall–Kier alpha value is -3.18. The van der Waals surface area contributed by atoms with Crippen molar-refractivity contribution in [1.82, 2.24) is 4.98 Å². The van der Waals surface area contributed by atoms with Crippen LogP contribution in [-0.2, 0) is 0 Å². The summed E-state index contributed by atoms with van der Waals surface area (Å²) >= 11 is 3.52. The van der Waals surface area contributed by atoms with Gasteiger partial charge in [-0.25, -0.2) is 4.98 Å². The summed E-state index contributed by atoms with van der Waals surface area (Å²) in [5.41, 5.74) is 5.04. The summed E-state index contributed by atoms with van der Waals surface area (Å²) in [6.45, 7) is 6.17. The average Bonchev–Trinajstić information content (AvgIpc) is 2.80. The van der Waals surface area contributed by atoms with Gasteiger partial charge in [0.1, 0.15) is 0 Å². The predicted molar refractivity (Wildman–Crippen MR) is 133 cm³/mol. The number of para-hydroxylation sites is 1. The number of hydrogen-bond donors (Lipinski definition) is 1. The van der Waals surface area contributed by atoms with Crippen molar-refractivity contribution >= 4 is 44.1 Å². The standard InChI is InChI=1S/C26H24BrN3O/c1-3-30(4-2)21-14-12-20(13-15-21)28-26(31)23-17-25(18-8-7-9-19(27)16-18)29-24-11-6-5-10-22(23)24/h5-17H,3-4H2,1-2H3,(H,28,31). The Kier molecular flexibility index (Phi) is 6.33. The second kappa shape index (κ2) is 9.31. The van der Waals surface area contributed by atoms with Crippen LogP contribution < -0.4 is 10.2 Å². The molecule has 0 atom stereocenters. The van der Waals surface area contributed by atoms with Gasteiger partial charge in [0.2, 0.25) is 0 Å². The monoisotopic (exact) mass is 473 g/mol. The summed E-state index contributed by atoms with van der Waals surface area (Å²) in [6.07, 6.45) is 0. The molecule has 0 spiro atoms. The van der Waals surface area contributed by atoms with Crippen LogP contribution in [0, 0.1) is 0 Å². The minimum absolute atomic E-state index is 0.148.